The van der Waals surface area contributed by atoms with Gasteiger partial charge in [0.25, 0.3) is 0 Å². The van der Waals surface area contributed by atoms with E-state index in [2.05, 4.69) is 4.98 Å². The van der Waals surface area contributed by atoms with E-state index in [1.54, 1.807) is 0 Å². The molecule has 1 unspecified atom stereocenters. The van der Waals surface area contributed by atoms with E-state index in [4.69, 9.17) is 10.8 Å². The summed E-state index contributed by atoms with van der Waals surface area (Å²) in [4.78, 5) is 26.6. The Morgan fingerprint density at radius 2 is 2.07 bits per heavy atom. The van der Waals surface area contributed by atoms with Crippen molar-refractivity contribution in [1.29, 1.82) is 0 Å². The van der Waals surface area contributed by atoms with Gasteiger partial charge in [-0.25, -0.2) is 18.6 Å². The predicted octanol–water partition coefficient (Wildman–Crippen LogP) is 3.16. The summed E-state index contributed by atoms with van der Waals surface area (Å²) in [5.41, 5.74) is 6.40. The zero-order valence-electron chi connectivity index (χ0n) is 14.9. The molecule has 3 rings (SSSR count). The first-order valence-corrected chi connectivity index (χ1v) is 10.6. The molecule has 1 aliphatic carbocycles. The Hall–Kier alpha value is -1.82. The largest absolute Gasteiger partial charge is 0.480 e. The molecule has 1 aliphatic rings. The minimum absolute atomic E-state index is 0. The van der Waals surface area contributed by atoms with Gasteiger partial charge in [-0.3, -0.25) is 4.79 Å². The number of halogens is 3. The highest BCUT2D eigenvalue weighted by atomic mass is 35.5. The van der Waals surface area contributed by atoms with Gasteiger partial charge in [0.05, 0.1) is 6.20 Å². The second kappa shape index (κ2) is 9.79. The summed E-state index contributed by atoms with van der Waals surface area (Å²) in [6.07, 6.45) is 2.32. The highest BCUT2D eigenvalue weighted by molar-refractivity contribution is 8.76. The van der Waals surface area contributed by atoms with Crippen LogP contribution < -0.4 is 5.73 Å². The summed E-state index contributed by atoms with van der Waals surface area (Å²) < 4.78 is 29.1. The summed E-state index contributed by atoms with van der Waals surface area (Å²) in [5.74, 6) is -3.45. The van der Waals surface area contributed by atoms with Crippen LogP contribution in [0, 0.1) is 11.6 Å². The minimum Gasteiger partial charge on any atom is -0.480 e. The average molecular weight is 466 g/mol. The van der Waals surface area contributed by atoms with Crippen molar-refractivity contribution < 1.29 is 28.6 Å². The lowest BCUT2D eigenvalue weighted by atomic mass is 9.87. The highest BCUT2D eigenvalue weighted by Gasteiger charge is 2.29. The van der Waals surface area contributed by atoms with Crippen molar-refractivity contribution in [1.82, 2.24) is 9.55 Å². The number of nitrogens with zero attached hydrogens (tertiary/aromatic N) is 2. The van der Waals surface area contributed by atoms with Crippen LogP contribution in [0.2, 0.25) is 0 Å². The lowest BCUT2D eigenvalue weighted by molar-refractivity contribution is -0.137. The molecule has 0 fully saturated rings. The summed E-state index contributed by atoms with van der Waals surface area (Å²) in [7, 11) is 2.28. The number of aliphatic carboxylic acids is 1. The van der Waals surface area contributed by atoms with Gasteiger partial charge in [-0.1, -0.05) is 10.8 Å². The van der Waals surface area contributed by atoms with Crippen molar-refractivity contribution >= 4 is 45.9 Å². The Bertz CT molecular complexity index is 928. The maximum Gasteiger partial charge on any atom is 0.354 e. The number of hydrogen-bond donors (Lipinski definition) is 3. The fourth-order valence-corrected chi connectivity index (χ4v) is 5.37. The average Bonchev–Trinajstić information content (AvgIpc) is 3.05. The van der Waals surface area contributed by atoms with Crippen LogP contribution in [0.1, 0.15) is 34.1 Å². The van der Waals surface area contributed by atoms with Crippen LogP contribution in [0.4, 0.5) is 8.78 Å². The molecular weight excluding hydrogens is 448 g/mol. The van der Waals surface area contributed by atoms with E-state index in [-0.39, 0.29) is 36.3 Å². The molecule has 0 aliphatic heterocycles. The predicted molar refractivity (Wildman–Crippen MR) is 108 cm³/mol. The maximum atomic E-state index is 14.0. The third kappa shape index (κ3) is 5.21. The number of fused-ring (bicyclic) bond motifs is 1. The monoisotopic (exact) mass is 465 g/mol. The molecule has 0 saturated carbocycles. The molecule has 4 N–H and O–H groups in total. The third-order valence-corrected chi connectivity index (χ3v) is 6.75. The molecule has 7 nitrogen and oxygen atoms in total. The van der Waals surface area contributed by atoms with E-state index in [0.29, 0.717) is 29.1 Å². The Morgan fingerprint density at radius 3 is 2.72 bits per heavy atom. The lowest BCUT2D eigenvalue weighted by Gasteiger charge is -2.28. The number of hydrogen-bond acceptors (Lipinski definition) is 6. The van der Waals surface area contributed by atoms with Gasteiger partial charge in [-0.2, -0.15) is 0 Å². The quantitative estimate of drug-likeness (QED) is 0.533. The second-order valence-corrected chi connectivity index (χ2v) is 8.64. The van der Waals surface area contributed by atoms with Gasteiger partial charge in [0, 0.05) is 17.9 Å². The molecule has 1 heterocycles. The summed E-state index contributed by atoms with van der Waals surface area (Å²) in [6.45, 7) is 0. The van der Waals surface area contributed by atoms with Gasteiger partial charge in [-0.15, -0.1) is 12.4 Å². The third-order valence-electron chi connectivity index (χ3n) is 4.48. The van der Waals surface area contributed by atoms with Crippen LogP contribution in [-0.4, -0.2) is 43.5 Å². The maximum absolute atomic E-state index is 14.0. The van der Waals surface area contributed by atoms with Crippen molar-refractivity contribution in [2.24, 2.45) is 5.73 Å². The number of aromatic nitrogens is 2. The van der Waals surface area contributed by atoms with E-state index >= 15 is 0 Å². The number of nitrogens with two attached hydrogens (primary N) is 1. The van der Waals surface area contributed by atoms with Crippen molar-refractivity contribution in [2.45, 2.75) is 36.5 Å². The van der Waals surface area contributed by atoms with Gasteiger partial charge in [0.15, 0.2) is 5.16 Å². The number of imidazole rings is 1. The second-order valence-electron chi connectivity index (χ2n) is 6.34. The van der Waals surface area contributed by atoms with Gasteiger partial charge in [-0.05, 0) is 47.2 Å². The smallest absolute Gasteiger partial charge is 0.354 e. The number of benzene rings is 1. The minimum atomic E-state index is -1.16. The Kier molecular flexibility index (Phi) is 7.92. The first kappa shape index (κ1) is 23.5. The van der Waals surface area contributed by atoms with Crippen LogP contribution in [0.5, 0.6) is 0 Å². The molecule has 0 saturated heterocycles. The Balaban J connectivity index is 0.00000300. The zero-order chi connectivity index (χ0) is 20.4. The molecular formula is C17H18ClF2N3O4S2. The normalized spacial score (nSPS) is 16.6. The molecule has 0 bridgehead atoms. The first-order valence-electron chi connectivity index (χ1n) is 8.33. The SMILES string of the molecule is Cl.N[C@@H](CSSc1ncc(C(=O)O)n1C1CCc2c(F)cc(F)cc2C1)C(=O)O. The fourth-order valence-electron chi connectivity index (χ4n) is 3.15. The number of rotatable bonds is 7. The van der Waals surface area contributed by atoms with E-state index in [1.165, 1.54) is 16.8 Å². The van der Waals surface area contributed by atoms with E-state index < -0.39 is 29.6 Å². The lowest BCUT2D eigenvalue weighted by Crippen LogP contribution is -2.32. The molecule has 1 aromatic carbocycles. The first-order chi connectivity index (χ1) is 13.3. The van der Waals surface area contributed by atoms with Gasteiger partial charge in [0.1, 0.15) is 23.4 Å². The number of carbonyl (C=O) groups is 2. The summed E-state index contributed by atoms with van der Waals surface area (Å²) in [6, 6.07) is 0.740. The van der Waals surface area contributed by atoms with Crippen molar-refractivity contribution in [3.05, 3.63) is 46.8 Å². The van der Waals surface area contributed by atoms with Crippen LogP contribution in [0.3, 0.4) is 0 Å². The standard InChI is InChI=1S/C17H17F2N3O4S2.ClH/c18-9-3-8-4-10(1-2-11(8)12(19)5-9)22-14(16(25)26)6-21-17(22)28-27-7-13(20)15(23)24;/h3,5-6,10,13H,1-2,4,7,20H2,(H,23,24)(H,25,26);1H/t10?,13-;/m0./s1. The van der Waals surface area contributed by atoms with Crippen LogP contribution >= 0.6 is 34.0 Å². The van der Waals surface area contributed by atoms with Gasteiger partial charge in [0.2, 0.25) is 0 Å². The number of aromatic carboxylic acids is 1. The van der Waals surface area contributed by atoms with Crippen LogP contribution in [-0.2, 0) is 17.6 Å². The number of carboxylic acids is 2. The molecule has 29 heavy (non-hydrogen) atoms. The highest BCUT2D eigenvalue weighted by Crippen LogP contribution is 2.38. The molecule has 2 atom stereocenters. The van der Waals surface area contributed by atoms with Crippen LogP contribution in [0.25, 0.3) is 0 Å². The molecule has 158 valence electrons. The summed E-state index contributed by atoms with van der Waals surface area (Å²) >= 11 is 0. The molecule has 12 heteroatoms. The van der Waals surface area contributed by atoms with Gasteiger partial charge >= 0.3 is 11.9 Å². The van der Waals surface area contributed by atoms with Crippen molar-refractivity contribution in [2.75, 3.05) is 5.75 Å². The fraction of sp³-hybridized carbons (Fsp3) is 0.353. The van der Waals surface area contributed by atoms with Crippen LogP contribution in [0.15, 0.2) is 23.5 Å². The molecule has 0 radical (unpaired) electrons. The topological polar surface area (TPSA) is 118 Å². The molecule has 1 aromatic heterocycles. The molecule has 0 spiro atoms. The zero-order valence-corrected chi connectivity index (χ0v) is 17.3. The summed E-state index contributed by atoms with van der Waals surface area (Å²) in [5, 5.41) is 18.7. The number of carboxylic acid groups (broad SMARTS) is 2. The molecule has 2 aromatic rings. The van der Waals surface area contributed by atoms with Crippen molar-refractivity contribution in [3.8, 4) is 0 Å². The Morgan fingerprint density at radius 1 is 1.34 bits per heavy atom. The van der Waals surface area contributed by atoms with E-state index in [9.17, 15) is 23.5 Å². The van der Waals surface area contributed by atoms with E-state index in [1.807, 2.05) is 0 Å². The van der Waals surface area contributed by atoms with E-state index in [0.717, 1.165) is 27.7 Å². The molecule has 0 amide bonds. The Labute approximate surface area is 178 Å². The van der Waals surface area contributed by atoms with Gasteiger partial charge < -0.3 is 20.5 Å². The van der Waals surface area contributed by atoms with Crippen molar-refractivity contribution in [3.63, 3.8) is 0 Å².